The van der Waals surface area contributed by atoms with Crippen molar-refractivity contribution in [3.8, 4) is 0 Å². The van der Waals surface area contributed by atoms with Gasteiger partial charge >= 0.3 is 11.9 Å². The van der Waals surface area contributed by atoms with Gasteiger partial charge in [-0.3, -0.25) is 14.4 Å². The minimum absolute atomic E-state index is 0.149. The summed E-state index contributed by atoms with van der Waals surface area (Å²) in [6.07, 6.45) is -2.59. The highest BCUT2D eigenvalue weighted by atomic mass is 19.3. The Bertz CT molecular complexity index is 580. The van der Waals surface area contributed by atoms with Gasteiger partial charge in [0, 0.05) is 11.1 Å². The fraction of sp³-hybridized carbons (Fsp3) is 0.357. The van der Waals surface area contributed by atoms with E-state index in [1.54, 1.807) is 6.07 Å². The van der Waals surface area contributed by atoms with Crippen LogP contribution in [0, 0.1) is 0 Å². The molecule has 20 heavy (non-hydrogen) atoms. The molecular formula is C14H12F2O4. The molecule has 1 aromatic rings. The quantitative estimate of drug-likeness (QED) is 0.631. The van der Waals surface area contributed by atoms with Crippen LogP contribution in [0.4, 0.5) is 8.78 Å². The van der Waals surface area contributed by atoms with E-state index in [9.17, 15) is 23.2 Å². The fourth-order valence-corrected chi connectivity index (χ4v) is 2.13. The molecule has 0 amide bonds. The number of esters is 1. The van der Waals surface area contributed by atoms with Gasteiger partial charge in [0.25, 0.3) is 0 Å². The zero-order valence-corrected chi connectivity index (χ0v) is 10.7. The monoisotopic (exact) mass is 282 g/mol. The minimum Gasteiger partial charge on any atom is -0.457 e. The molecule has 0 aromatic heterocycles. The number of halogens is 2. The number of carbonyl (C=O) groups excluding carboxylic acids is 3. The third kappa shape index (κ3) is 2.74. The van der Waals surface area contributed by atoms with Crippen molar-refractivity contribution in [2.45, 2.75) is 31.8 Å². The SMILES string of the molecule is CC(=O)CC(=O)OC1CC(F)(F)C(=O)c2ccccc21. The molecule has 1 unspecified atom stereocenters. The molecule has 0 aliphatic heterocycles. The largest absolute Gasteiger partial charge is 0.457 e. The Morgan fingerprint density at radius 2 is 2.00 bits per heavy atom. The second-order valence-corrected chi connectivity index (χ2v) is 4.68. The van der Waals surface area contributed by atoms with E-state index in [0.717, 1.165) is 0 Å². The molecule has 0 bridgehead atoms. The lowest BCUT2D eigenvalue weighted by Gasteiger charge is -2.29. The first kappa shape index (κ1) is 14.3. The van der Waals surface area contributed by atoms with E-state index < -0.39 is 42.4 Å². The minimum atomic E-state index is -3.57. The molecule has 4 nitrogen and oxygen atoms in total. The van der Waals surface area contributed by atoms with Gasteiger partial charge in [-0.2, -0.15) is 8.78 Å². The van der Waals surface area contributed by atoms with E-state index in [4.69, 9.17) is 4.74 Å². The molecular weight excluding hydrogens is 270 g/mol. The lowest BCUT2D eigenvalue weighted by molar-refractivity contribution is -0.154. The Morgan fingerprint density at radius 3 is 2.65 bits per heavy atom. The Balaban J connectivity index is 2.30. The van der Waals surface area contributed by atoms with Crippen LogP contribution in [0.1, 0.15) is 41.8 Å². The number of Topliss-reactive ketones (excluding diaryl/α,β-unsaturated/α-hetero) is 2. The van der Waals surface area contributed by atoms with Crippen molar-refractivity contribution in [2.24, 2.45) is 0 Å². The van der Waals surface area contributed by atoms with Crippen molar-refractivity contribution in [2.75, 3.05) is 0 Å². The van der Waals surface area contributed by atoms with Crippen molar-refractivity contribution in [1.82, 2.24) is 0 Å². The molecule has 0 spiro atoms. The van der Waals surface area contributed by atoms with Crippen molar-refractivity contribution < 1.29 is 27.9 Å². The zero-order valence-electron chi connectivity index (χ0n) is 10.7. The number of rotatable bonds is 3. The lowest BCUT2D eigenvalue weighted by atomic mass is 9.86. The summed E-state index contributed by atoms with van der Waals surface area (Å²) < 4.78 is 32.2. The highest BCUT2D eigenvalue weighted by molar-refractivity contribution is 6.04. The van der Waals surface area contributed by atoms with Crippen LogP contribution in [0.2, 0.25) is 0 Å². The number of benzene rings is 1. The molecule has 2 rings (SSSR count). The number of fused-ring (bicyclic) bond motifs is 1. The van der Waals surface area contributed by atoms with Crippen LogP contribution in [0.3, 0.4) is 0 Å². The summed E-state index contributed by atoms with van der Waals surface area (Å²) in [6, 6.07) is 5.78. The molecule has 1 aliphatic rings. The molecule has 0 N–H and O–H groups in total. The third-order valence-corrected chi connectivity index (χ3v) is 2.99. The second kappa shape index (κ2) is 5.11. The van der Waals surface area contributed by atoms with Gasteiger partial charge in [-0.25, -0.2) is 0 Å². The summed E-state index contributed by atoms with van der Waals surface area (Å²) in [4.78, 5) is 33.9. The van der Waals surface area contributed by atoms with Gasteiger partial charge in [0.2, 0.25) is 5.78 Å². The highest BCUT2D eigenvalue weighted by Crippen LogP contribution is 2.40. The van der Waals surface area contributed by atoms with Gasteiger partial charge in [-0.15, -0.1) is 0 Å². The van der Waals surface area contributed by atoms with Gasteiger partial charge in [0.1, 0.15) is 18.3 Å². The maximum absolute atomic E-state index is 13.6. The first-order valence-electron chi connectivity index (χ1n) is 6.02. The summed E-state index contributed by atoms with van der Waals surface area (Å²) in [5, 5.41) is 0. The first-order chi connectivity index (χ1) is 9.31. The number of hydrogen-bond acceptors (Lipinski definition) is 4. The van der Waals surface area contributed by atoms with Crippen molar-refractivity contribution >= 4 is 17.5 Å². The molecule has 0 fully saturated rings. The lowest BCUT2D eigenvalue weighted by Crippen LogP contribution is -2.37. The number of alkyl halides is 2. The number of hydrogen-bond donors (Lipinski definition) is 0. The van der Waals surface area contributed by atoms with Crippen LogP contribution in [0.5, 0.6) is 0 Å². The molecule has 6 heteroatoms. The topological polar surface area (TPSA) is 60.4 Å². The molecule has 1 aromatic carbocycles. The average Bonchev–Trinajstić information content (AvgIpc) is 2.34. The van der Waals surface area contributed by atoms with Crippen LogP contribution < -0.4 is 0 Å². The van der Waals surface area contributed by atoms with E-state index in [-0.39, 0.29) is 11.1 Å². The van der Waals surface area contributed by atoms with Crippen molar-refractivity contribution in [3.63, 3.8) is 0 Å². The molecule has 1 aliphatic carbocycles. The highest BCUT2D eigenvalue weighted by Gasteiger charge is 2.48. The Kier molecular flexibility index (Phi) is 3.65. The van der Waals surface area contributed by atoms with Gasteiger partial charge in [0.05, 0.1) is 6.42 Å². The third-order valence-electron chi connectivity index (χ3n) is 2.99. The van der Waals surface area contributed by atoms with Crippen LogP contribution in [-0.2, 0) is 14.3 Å². The first-order valence-corrected chi connectivity index (χ1v) is 6.02. The summed E-state index contributed by atoms with van der Waals surface area (Å²) in [5.74, 6) is -6.13. The van der Waals surface area contributed by atoms with Crippen LogP contribution in [0.25, 0.3) is 0 Å². The van der Waals surface area contributed by atoms with Gasteiger partial charge < -0.3 is 4.74 Å². The molecule has 0 saturated carbocycles. The van der Waals surface area contributed by atoms with E-state index in [2.05, 4.69) is 0 Å². The van der Waals surface area contributed by atoms with Crippen molar-refractivity contribution in [3.05, 3.63) is 35.4 Å². The van der Waals surface area contributed by atoms with Crippen LogP contribution >= 0.6 is 0 Å². The van der Waals surface area contributed by atoms with E-state index in [0.29, 0.717) is 0 Å². The normalized spacial score (nSPS) is 20.1. The van der Waals surface area contributed by atoms with Gasteiger partial charge in [-0.1, -0.05) is 24.3 Å². The van der Waals surface area contributed by atoms with Crippen LogP contribution in [0.15, 0.2) is 24.3 Å². The molecule has 0 radical (unpaired) electrons. The predicted molar refractivity (Wildman–Crippen MR) is 64.5 cm³/mol. The maximum Gasteiger partial charge on any atom is 0.313 e. The van der Waals surface area contributed by atoms with E-state index >= 15 is 0 Å². The average molecular weight is 282 g/mol. The Hall–Kier alpha value is -2.11. The van der Waals surface area contributed by atoms with Crippen molar-refractivity contribution in [1.29, 1.82) is 0 Å². The van der Waals surface area contributed by atoms with Crippen LogP contribution in [-0.4, -0.2) is 23.5 Å². The molecule has 0 saturated heterocycles. The van der Waals surface area contributed by atoms with E-state index in [1.807, 2.05) is 0 Å². The molecule has 106 valence electrons. The Morgan fingerprint density at radius 1 is 1.35 bits per heavy atom. The zero-order chi connectivity index (χ0) is 14.9. The number of ether oxygens (including phenoxy) is 1. The summed E-state index contributed by atoms with van der Waals surface area (Å²) in [5.41, 5.74) is 0.102. The van der Waals surface area contributed by atoms with Gasteiger partial charge in [0.15, 0.2) is 0 Å². The molecule has 0 heterocycles. The predicted octanol–water partition coefficient (Wildman–Crippen LogP) is 2.47. The number of carbonyl (C=O) groups is 3. The smallest absolute Gasteiger partial charge is 0.313 e. The summed E-state index contributed by atoms with van der Waals surface area (Å²) in [6.45, 7) is 1.20. The second-order valence-electron chi connectivity index (χ2n) is 4.68. The Labute approximate surface area is 113 Å². The summed E-state index contributed by atoms with van der Waals surface area (Å²) >= 11 is 0. The van der Waals surface area contributed by atoms with Gasteiger partial charge in [-0.05, 0) is 6.92 Å². The van der Waals surface area contributed by atoms with E-state index in [1.165, 1.54) is 25.1 Å². The standard InChI is InChI=1S/C14H12F2O4/c1-8(17)6-12(18)20-11-7-14(15,16)13(19)10-5-3-2-4-9(10)11/h2-5,11H,6-7H2,1H3. The molecule has 1 atom stereocenters. The summed E-state index contributed by atoms with van der Waals surface area (Å²) in [7, 11) is 0. The fourth-order valence-electron chi connectivity index (χ4n) is 2.13. The maximum atomic E-state index is 13.6. The number of ketones is 2.